The summed E-state index contributed by atoms with van der Waals surface area (Å²) in [5.74, 6) is -0.485. The molecule has 0 fully saturated rings. The topological polar surface area (TPSA) is 43.1 Å². The van der Waals surface area contributed by atoms with E-state index in [0.29, 0.717) is 12.0 Å². The minimum Gasteiger partial charge on any atom is -0.327 e. The Hall–Kier alpha value is -0.930. The fraction of sp³-hybridized carbons (Fsp3) is 0.500. The predicted octanol–water partition coefficient (Wildman–Crippen LogP) is 3.35. The Labute approximate surface area is 112 Å². The molecule has 1 unspecified atom stereocenters. The summed E-state index contributed by atoms with van der Waals surface area (Å²) < 4.78 is 13.2. The maximum Gasteiger partial charge on any atom is 0.142 e. The minimum absolute atomic E-state index is 0.0131. The summed E-state index contributed by atoms with van der Waals surface area (Å²) in [6.45, 7) is 5.98. The van der Waals surface area contributed by atoms with Crippen molar-refractivity contribution in [1.82, 2.24) is 0 Å². The quantitative estimate of drug-likeness (QED) is 0.913. The van der Waals surface area contributed by atoms with E-state index in [9.17, 15) is 9.18 Å². The smallest absolute Gasteiger partial charge is 0.142 e. The Morgan fingerprint density at radius 1 is 1.44 bits per heavy atom. The molecule has 0 aliphatic heterocycles. The summed E-state index contributed by atoms with van der Waals surface area (Å²) in [6.07, 6.45) is 0.492. The van der Waals surface area contributed by atoms with Gasteiger partial charge in [0.25, 0.3) is 0 Å². The van der Waals surface area contributed by atoms with Crippen molar-refractivity contribution in [3.8, 4) is 0 Å². The zero-order valence-electron chi connectivity index (χ0n) is 11.0. The molecule has 2 N–H and O–H groups in total. The number of hydrogen-bond acceptors (Lipinski definition) is 2. The summed E-state index contributed by atoms with van der Waals surface area (Å²) in [6, 6.07) is 4.22. The zero-order chi connectivity index (χ0) is 13.9. The Kier molecular flexibility index (Phi) is 4.88. The highest BCUT2D eigenvalue weighted by Crippen LogP contribution is 2.21. The second-order valence-corrected chi connectivity index (χ2v) is 6.05. The molecule has 0 aliphatic carbocycles. The average Bonchev–Trinajstić information content (AvgIpc) is 2.22. The number of carbonyl (C=O) groups excluding carboxylic acids is 1. The van der Waals surface area contributed by atoms with Crippen LogP contribution >= 0.6 is 11.6 Å². The molecular formula is C14H19ClFNO. The molecular weight excluding hydrogens is 253 g/mol. The molecule has 18 heavy (non-hydrogen) atoms. The maximum absolute atomic E-state index is 13.2. The number of Topliss-reactive ketones (excluding diaryl/α,β-unsaturated/α-hetero) is 1. The molecule has 0 aromatic heterocycles. The highest BCUT2D eigenvalue weighted by molar-refractivity contribution is 6.30. The summed E-state index contributed by atoms with van der Waals surface area (Å²) in [5.41, 5.74) is 6.46. The third-order valence-electron chi connectivity index (χ3n) is 2.95. The number of carbonyl (C=O) groups is 1. The first kappa shape index (κ1) is 15.1. The van der Waals surface area contributed by atoms with Crippen LogP contribution in [-0.2, 0) is 11.2 Å². The number of ketones is 1. The standard InChI is InChI=1S/C14H19ClFNO/c1-14(2,3)13(17)8-10(18)6-9-4-5-11(15)12(16)7-9/h4-5,7,13H,6,8,17H2,1-3H3. The van der Waals surface area contributed by atoms with E-state index in [1.807, 2.05) is 20.8 Å². The van der Waals surface area contributed by atoms with Crippen molar-refractivity contribution < 1.29 is 9.18 Å². The second-order valence-electron chi connectivity index (χ2n) is 5.64. The van der Waals surface area contributed by atoms with Gasteiger partial charge in [-0.1, -0.05) is 38.4 Å². The molecule has 0 spiro atoms. The van der Waals surface area contributed by atoms with Crippen LogP contribution in [-0.4, -0.2) is 11.8 Å². The van der Waals surface area contributed by atoms with Crippen molar-refractivity contribution in [2.75, 3.05) is 0 Å². The first-order chi connectivity index (χ1) is 8.20. The SMILES string of the molecule is CC(C)(C)C(N)CC(=O)Cc1ccc(Cl)c(F)c1. The van der Waals surface area contributed by atoms with E-state index >= 15 is 0 Å². The van der Waals surface area contributed by atoms with E-state index in [0.717, 1.165) is 0 Å². The molecule has 1 atom stereocenters. The first-order valence-corrected chi connectivity index (χ1v) is 6.29. The van der Waals surface area contributed by atoms with Gasteiger partial charge in [-0.25, -0.2) is 4.39 Å². The summed E-state index contributed by atoms with van der Waals surface area (Å²) in [4.78, 5) is 11.8. The lowest BCUT2D eigenvalue weighted by Gasteiger charge is -2.26. The molecule has 1 rings (SSSR count). The molecule has 100 valence electrons. The zero-order valence-corrected chi connectivity index (χ0v) is 11.7. The number of nitrogens with two attached hydrogens (primary N) is 1. The number of halogens is 2. The van der Waals surface area contributed by atoms with E-state index in [1.54, 1.807) is 6.07 Å². The molecule has 4 heteroatoms. The van der Waals surface area contributed by atoms with Crippen LogP contribution in [0.3, 0.4) is 0 Å². The van der Waals surface area contributed by atoms with Crippen molar-refractivity contribution in [1.29, 1.82) is 0 Å². The van der Waals surface area contributed by atoms with Crippen molar-refractivity contribution >= 4 is 17.4 Å². The molecule has 0 bridgehead atoms. The van der Waals surface area contributed by atoms with Gasteiger partial charge in [-0.2, -0.15) is 0 Å². The lowest BCUT2D eigenvalue weighted by Crippen LogP contribution is -2.37. The second kappa shape index (κ2) is 5.81. The Bertz CT molecular complexity index is 440. The van der Waals surface area contributed by atoms with Crippen LogP contribution in [0.2, 0.25) is 5.02 Å². The molecule has 0 saturated heterocycles. The van der Waals surface area contributed by atoms with Gasteiger partial charge in [0.1, 0.15) is 11.6 Å². The van der Waals surface area contributed by atoms with Crippen LogP contribution in [0.4, 0.5) is 4.39 Å². The van der Waals surface area contributed by atoms with Crippen LogP contribution in [0.25, 0.3) is 0 Å². The van der Waals surface area contributed by atoms with Gasteiger partial charge < -0.3 is 5.73 Å². The summed E-state index contributed by atoms with van der Waals surface area (Å²) in [7, 11) is 0. The van der Waals surface area contributed by atoms with E-state index in [1.165, 1.54) is 12.1 Å². The summed E-state index contributed by atoms with van der Waals surface area (Å²) >= 11 is 5.58. The van der Waals surface area contributed by atoms with Crippen molar-refractivity contribution in [2.24, 2.45) is 11.1 Å². The molecule has 0 radical (unpaired) electrons. The molecule has 0 heterocycles. The Balaban J connectivity index is 2.62. The molecule has 0 saturated carbocycles. The molecule has 0 aliphatic rings. The minimum atomic E-state index is -0.498. The summed E-state index contributed by atoms with van der Waals surface area (Å²) in [5, 5.41) is 0.0672. The van der Waals surface area contributed by atoms with Gasteiger partial charge in [0.05, 0.1) is 5.02 Å². The van der Waals surface area contributed by atoms with E-state index in [-0.39, 0.29) is 28.7 Å². The van der Waals surface area contributed by atoms with E-state index in [2.05, 4.69) is 0 Å². The van der Waals surface area contributed by atoms with Gasteiger partial charge in [-0.3, -0.25) is 4.79 Å². The first-order valence-electron chi connectivity index (χ1n) is 5.91. The van der Waals surface area contributed by atoms with Crippen LogP contribution in [0.15, 0.2) is 18.2 Å². The molecule has 1 aromatic carbocycles. The van der Waals surface area contributed by atoms with Crippen molar-refractivity contribution in [3.63, 3.8) is 0 Å². The van der Waals surface area contributed by atoms with E-state index in [4.69, 9.17) is 17.3 Å². The van der Waals surface area contributed by atoms with Gasteiger partial charge in [0, 0.05) is 18.9 Å². The average molecular weight is 272 g/mol. The number of benzene rings is 1. The normalized spacial score (nSPS) is 13.4. The van der Waals surface area contributed by atoms with Gasteiger partial charge in [0.2, 0.25) is 0 Å². The third kappa shape index (κ3) is 4.39. The van der Waals surface area contributed by atoms with Gasteiger partial charge in [0.15, 0.2) is 0 Å². The molecule has 0 amide bonds. The number of rotatable bonds is 4. The van der Waals surface area contributed by atoms with Crippen molar-refractivity contribution in [2.45, 2.75) is 39.7 Å². The van der Waals surface area contributed by atoms with Crippen LogP contribution < -0.4 is 5.73 Å². The highest BCUT2D eigenvalue weighted by Gasteiger charge is 2.23. The monoisotopic (exact) mass is 271 g/mol. The third-order valence-corrected chi connectivity index (χ3v) is 3.25. The predicted molar refractivity (Wildman–Crippen MR) is 72.2 cm³/mol. The fourth-order valence-corrected chi connectivity index (χ4v) is 1.62. The fourth-order valence-electron chi connectivity index (χ4n) is 1.50. The van der Waals surface area contributed by atoms with Crippen LogP contribution in [0.1, 0.15) is 32.8 Å². The maximum atomic E-state index is 13.2. The highest BCUT2D eigenvalue weighted by atomic mass is 35.5. The lowest BCUT2D eigenvalue weighted by atomic mass is 9.84. The van der Waals surface area contributed by atoms with Crippen molar-refractivity contribution in [3.05, 3.63) is 34.6 Å². The molecule has 1 aromatic rings. The Morgan fingerprint density at radius 2 is 2.06 bits per heavy atom. The van der Waals surface area contributed by atoms with Crippen LogP contribution in [0.5, 0.6) is 0 Å². The lowest BCUT2D eigenvalue weighted by molar-refractivity contribution is -0.119. The largest absolute Gasteiger partial charge is 0.327 e. The van der Waals surface area contributed by atoms with Crippen LogP contribution in [0, 0.1) is 11.2 Å². The van der Waals surface area contributed by atoms with Gasteiger partial charge in [-0.05, 0) is 23.1 Å². The van der Waals surface area contributed by atoms with Gasteiger partial charge in [-0.15, -0.1) is 0 Å². The number of hydrogen-bond donors (Lipinski definition) is 1. The van der Waals surface area contributed by atoms with E-state index < -0.39 is 5.82 Å². The van der Waals surface area contributed by atoms with Gasteiger partial charge >= 0.3 is 0 Å². The molecule has 2 nitrogen and oxygen atoms in total. The Morgan fingerprint density at radius 3 is 2.56 bits per heavy atom.